The van der Waals surface area contributed by atoms with E-state index in [4.69, 9.17) is 32.0 Å². The summed E-state index contributed by atoms with van der Waals surface area (Å²) in [5, 5.41) is 37.4. The molecule has 3 atom stereocenters. The van der Waals surface area contributed by atoms with E-state index in [-0.39, 0.29) is 12.6 Å². The number of aryl methyl sites for hydroxylation is 1. The number of benzene rings is 1. The van der Waals surface area contributed by atoms with E-state index >= 15 is 0 Å². The number of aliphatic carboxylic acids is 2. The number of carbonyl (C=O) groups is 2. The monoisotopic (exact) mass is 471 g/mol. The number of nitrogens with zero attached hydrogens (tertiary/aromatic N) is 1. The van der Waals surface area contributed by atoms with Crippen molar-refractivity contribution in [1.82, 2.24) is 15.8 Å². The van der Waals surface area contributed by atoms with Gasteiger partial charge in [-0.25, -0.2) is 14.6 Å². The quantitative estimate of drug-likeness (QED) is 0.303. The summed E-state index contributed by atoms with van der Waals surface area (Å²) >= 11 is 6.18. The van der Waals surface area contributed by atoms with E-state index in [9.17, 15) is 22.8 Å². The minimum absolute atomic E-state index is 0.0240. The van der Waals surface area contributed by atoms with Crippen molar-refractivity contribution in [1.29, 1.82) is 0 Å². The van der Waals surface area contributed by atoms with Crippen molar-refractivity contribution in [2.75, 3.05) is 19.6 Å². The number of hydrazine groups is 1. The Morgan fingerprint density at radius 1 is 1.26 bits per heavy atom. The first kappa shape index (κ1) is 27.1. The zero-order chi connectivity index (χ0) is 23.8. The van der Waals surface area contributed by atoms with Gasteiger partial charge in [0.15, 0.2) is 12.2 Å². The molecular weight excluding hydrogens is 447 g/mol. The normalized spacial score (nSPS) is 18.3. The van der Waals surface area contributed by atoms with Crippen molar-refractivity contribution in [3.63, 3.8) is 0 Å². The van der Waals surface area contributed by atoms with Crippen molar-refractivity contribution in [3.05, 3.63) is 34.3 Å². The Kier molecular flexibility index (Phi) is 10.6. The van der Waals surface area contributed by atoms with Crippen molar-refractivity contribution in [2.24, 2.45) is 0 Å². The van der Waals surface area contributed by atoms with Crippen LogP contribution in [0.1, 0.15) is 17.5 Å². The number of halogens is 4. The van der Waals surface area contributed by atoms with E-state index < -0.39 is 36.9 Å². The van der Waals surface area contributed by atoms with E-state index in [1.54, 1.807) is 12.1 Å². The molecule has 1 saturated heterocycles. The fourth-order valence-electron chi connectivity index (χ4n) is 2.69. The summed E-state index contributed by atoms with van der Waals surface area (Å²) in [5.41, 5.74) is 4.52. The van der Waals surface area contributed by atoms with Crippen LogP contribution in [0.2, 0.25) is 5.02 Å². The van der Waals surface area contributed by atoms with Gasteiger partial charge >= 0.3 is 18.1 Å². The average Bonchev–Trinajstić information content (AvgIpc) is 3.16. The van der Waals surface area contributed by atoms with Crippen LogP contribution in [0.4, 0.5) is 13.2 Å². The topological polar surface area (TPSA) is 142 Å². The molecular formula is C18H25ClF3N3O6. The van der Waals surface area contributed by atoms with Gasteiger partial charge in [0.1, 0.15) is 6.54 Å². The third kappa shape index (κ3) is 9.80. The molecule has 31 heavy (non-hydrogen) atoms. The van der Waals surface area contributed by atoms with E-state index in [0.29, 0.717) is 17.1 Å². The van der Waals surface area contributed by atoms with Gasteiger partial charge in [0, 0.05) is 24.2 Å². The highest BCUT2D eigenvalue weighted by atomic mass is 35.5. The molecule has 1 aromatic rings. The number of carboxylic acids is 2. The predicted octanol–water partition coefficient (Wildman–Crippen LogP) is 0.757. The molecule has 0 bridgehead atoms. The van der Waals surface area contributed by atoms with E-state index in [2.05, 4.69) is 10.7 Å². The smallest absolute Gasteiger partial charge is 0.402 e. The third-order valence-electron chi connectivity index (χ3n) is 4.23. The number of aliphatic hydroxyl groups excluding tert-OH is 2. The number of rotatable bonds is 8. The van der Waals surface area contributed by atoms with Crippen molar-refractivity contribution in [2.45, 2.75) is 44.3 Å². The molecule has 0 aliphatic carbocycles. The Morgan fingerprint density at radius 3 is 2.29 bits per heavy atom. The van der Waals surface area contributed by atoms with Crippen molar-refractivity contribution in [3.8, 4) is 0 Å². The Hall–Kier alpha value is -1.96. The molecule has 1 aliphatic heterocycles. The molecule has 0 unspecified atom stereocenters. The number of carboxylic acid groups (broad SMARTS) is 2. The molecule has 176 valence electrons. The fraction of sp³-hybridized carbons (Fsp3) is 0.556. The first-order valence-corrected chi connectivity index (χ1v) is 9.54. The highest BCUT2D eigenvalue weighted by molar-refractivity contribution is 6.32. The summed E-state index contributed by atoms with van der Waals surface area (Å²) in [6.45, 7) is 2.46. The third-order valence-corrected chi connectivity index (χ3v) is 4.77. The van der Waals surface area contributed by atoms with Gasteiger partial charge in [-0.1, -0.05) is 29.8 Å². The second kappa shape index (κ2) is 12.2. The zero-order valence-electron chi connectivity index (χ0n) is 16.6. The second-order valence-electron chi connectivity index (χ2n) is 6.90. The first-order chi connectivity index (χ1) is 14.3. The lowest BCUT2D eigenvalue weighted by molar-refractivity contribution is -0.165. The molecule has 2 rings (SSSR count). The van der Waals surface area contributed by atoms with Gasteiger partial charge in [-0.3, -0.25) is 5.43 Å². The molecule has 1 aliphatic rings. The largest absolute Gasteiger partial charge is 0.479 e. The van der Waals surface area contributed by atoms with Gasteiger partial charge in [0.2, 0.25) is 0 Å². The Labute approximate surface area is 181 Å². The van der Waals surface area contributed by atoms with E-state index in [1.807, 2.05) is 13.0 Å². The maximum Gasteiger partial charge on any atom is 0.402 e. The lowest BCUT2D eigenvalue weighted by Crippen LogP contribution is -2.49. The van der Waals surface area contributed by atoms with Crippen LogP contribution in [-0.4, -0.2) is 81.4 Å². The zero-order valence-corrected chi connectivity index (χ0v) is 17.3. The summed E-state index contributed by atoms with van der Waals surface area (Å²) in [6, 6.07) is 5.43. The van der Waals surface area contributed by atoms with Gasteiger partial charge < -0.3 is 25.7 Å². The van der Waals surface area contributed by atoms with Gasteiger partial charge in [0.05, 0.1) is 0 Å². The van der Waals surface area contributed by atoms with Crippen LogP contribution in [0.25, 0.3) is 0 Å². The lowest BCUT2D eigenvalue weighted by Gasteiger charge is -2.28. The van der Waals surface area contributed by atoms with Gasteiger partial charge in [-0.15, -0.1) is 0 Å². The van der Waals surface area contributed by atoms with Crippen LogP contribution in [0.15, 0.2) is 18.2 Å². The molecule has 0 aromatic heterocycles. The van der Waals surface area contributed by atoms with Gasteiger partial charge in [-0.05, 0) is 31.0 Å². The van der Waals surface area contributed by atoms with Crippen LogP contribution in [0.3, 0.4) is 0 Å². The number of nitrogens with one attached hydrogen (secondary N) is 2. The molecule has 9 nitrogen and oxygen atoms in total. The molecule has 1 fully saturated rings. The van der Waals surface area contributed by atoms with Crippen molar-refractivity contribution >= 4 is 23.5 Å². The van der Waals surface area contributed by atoms with Gasteiger partial charge in [0.25, 0.3) is 0 Å². The summed E-state index contributed by atoms with van der Waals surface area (Å²) in [6.07, 6.45) is -7.97. The number of hydrogen-bond donors (Lipinski definition) is 6. The first-order valence-electron chi connectivity index (χ1n) is 9.16. The summed E-state index contributed by atoms with van der Waals surface area (Å²) in [7, 11) is 0. The second-order valence-corrected chi connectivity index (χ2v) is 7.28. The maximum atomic E-state index is 12.7. The molecule has 1 heterocycles. The molecule has 0 radical (unpaired) electrons. The van der Waals surface area contributed by atoms with Crippen LogP contribution in [0, 0.1) is 6.92 Å². The standard InChI is InChI=1S/C14H19ClF3N3.C4H6O6/c1-10-3-2-4-11(13(10)15)8-21(9-14(16,17)18)20-12-5-6-19-7-12;5-1(3(7)8)2(6)4(9)10/h2-4,12,19-20H,5-9H2,1H3;1-2,5-6H,(H,7,8)(H,9,10)/t12-;1-,2-/m01/s1. The molecule has 1 aromatic carbocycles. The number of hydrogen-bond acceptors (Lipinski definition) is 7. The van der Waals surface area contributed by atoms with E-state index in [0.717, 1.165) is 18.5 Å². The van der Waals surface area contributed by atoms with Crippen LogP contribution < -0.4 is 10.7 Å². The average molecular weight is 472 g/mol. The Balaban J connectivity index is 0.000000407. The molecule has 13 heteroatoms. The van der Waals surface area contributed by atoms with Gasteiger partial charge in [-0.2, -0.15) is 13.2 Å². The van der Waals surface area contributed by atoms with Crippen molar-refractivity contribution < 1.29 is 43.2 Å². The van der Waals surface area contributed by atoms with Crippen LogP contribution >= 0.6 is 11.6 Å². The SMILES string of the molecule is Cc1cccc(CN(CC(F)(F)F)N[C@H]2CCNC2)c1Cl.O=C(O)[C@H](O)[C@@H](O)C(=O)O. The summed E-state index contributed by atoms with van der Waals surface area (Å²) < 4.78 is 38.2. The predicted molar refractivity (Wildman–Crippen MR) is 104 cm³/mol. The highest BCUT2D eigenvalue weighted by Gasteiger charge is 2.32. The maximum absolute atomic E-state index is 12.7. The Bertz CT molecular complexity index is 729. The fourth-order valence-corrected chi connectivity index (χ4v) is 2.88. The molecule has 0 saturated carbocycles. The minimum Gasteiger partial charge on any atom is -0.479 e. The number of aliphatic hydroxyl groups is 2. The molecule has 0 amide bonds. The summed E-state index contributed by atoms with van der Waals surface area (Å²) in [4.78, 5) is 19.5. The van der Waals surface area contributed by atoms with Crippen LogP contribution in [-0.2, 0) is 16.1 Å². The molecule has 0 spiro atoms. The lowest BCUT2D eigenvalue weighted by atomic mass is 10.1. The van der Waals surface area contributed by atoms with Crippen LogP contribution in [0.5, 0.6) is 0 Å². The van der Waals surface area contributed by atoms with E-state index in [1.165, 1.54) is 5.01 Å². The molecule has 6 N–H and O–H groups in total. The highest BCUT2D eigenvalue weighted by Crippen LogP contribution is 2.23. The number of alkyl halides is 3. The Morgan fingerprint density at radius 2 is 1.84 bits per heavy atom. The summed E-state index contributed by atoms with van der Waals surface area (Å²) in [5.74, 6) is -3.54. The minimum atomic E-state index is -4.25.